The van der Waals surface area contributed by atoms with Crippen LogP contribution in [0.4, 0.5) is 5.69 Å². The molecule has 0 unspecified atom stereocenters. The molecule has 0 radical (unpaired) electrons. The van der Waals surface area contributed by atoms with Gasteiger partial charge in [-0.15, -0.1) is 0 Å². The predicted molar refractivity (Wildman–Crippen MR) is 62.1 cm³/mol. The molecule has 1 aromatic rings. The lowest BCUT2D eigenvalue weighted by molar-refractivity contribution is 0.295. The van der Waals surface area contributed by atoms with Crippen molar-refractivity contribution < 1.29 is 18.3 Å². The summed E-state index contributed by atoms with van der Waals surface area (Å²) in [6.45, 7) is -0.146. The van der Waals surface area contributed by atoms with Crippen molar-refractivity contribution in [2.75, 3.05) is 24.2 Å². The molecule has 2 N–H and O–H groups in total. The Kier molecular flexibility index (Phi) is 4.57. The van der Waals surface area contributed by atoms with Gasteiger partial charge in [0.25, 0.3) is 0 Å². The summed E-state index contributed by atoms with van der Waals surface area (Å²) >= 11 is 0. The molecule has 0 saturated heterocycles. The van der Waals surface area contributed by atoms with Crippen molar-refractivity contribution in [1.82, 2.24) is 0 Å². The number of aliphatic hydroxyl groups is 1. The second-order valence-electron chi connectivity index (χ2n) is 3.20. The van der Waals surface area contributed by atoms with Gasteiger partial charge in [-0.3, -0.25) is 4.72 Å². The molecule has 0 saturated carbocycles. The molecule has 0 aliphatic rings. The van der Waals surface area contributed by atoms with Crippen LogP contribution in [0.5, 0.6) is 5.75 Å². The highest BCUT2D eigenvalue weighted by atomic mass is 32.2. The van der Waals surface area contributed by atoms with Crippen LogP contribution in [0.1, 0.15) is 6.42 Å². The Bertz CT molecular complexity index is 430. The Morgan fingerprint density at radius 3 is 2.69 bits per heavy atom. The first-order valence-electron chi connectivity index (χ1n) is 4.83. The number of hydrogen-bond donors (Lipinski definition) is 2. The number of anilines is 1. The predicted octanol–water partition coefficient (Wildman–Crippen LogP) is 0.819. The first kappa shape index (κ1) is 12.8. The summed E-state index contributed by atoms with van der Waals surface area (Å²) in [4.78, 5) is 0. The van der Waals surface area contributed by atoms with E-state index in [1.54, 1.807) is 24.3 Å². The number of sulfonamides is 1. The highest BCUT2D eigenvalue weighted by Crippen LogP contribution is 2.24. The summed E-state index contributed by atoms with van der Waals surface area (Å²) in [5, 5.41) is 8.58. The van der Waals surface area contributed by atoms with Crippen molar-refractivity contribution in [1.29, 1.82) is 0 Å². The third kappa shape index (κ3) is 3.71. The Morgan fingerprint density at radius 2 is 2.06 bits per heavy atom. The monoisotopic (exact) mass is 245 g/mol. The quantitative estimate of drug-likeness (QED) is 0.778. The molecule has 0 spiro atoms. The lowest BCUT2D eigenvalue weighted by atomic mass is 10.3. The fraction of sp³-hybridized carbons (Fsp3) is 0.400. The maximum atomic E-state index is 11.5. The van der Waals surface area contributed by atoms with Gasteiger partial charge in [0.05, 0.1) is 18.6 Å². The molecule has 0 aliphatic carbocycles. The van der Waals surface area contributed by atoms with Gasteiger partial charge in [-0.1, -0.05) is 12.1 Å². The van der Waals surface area contributed by atoms with Gasteiger partial charge >= 0.3 is 0 Å². The molecule has 0 aromatic heterocycles. The Balaban J connectivity index is 2.79. The summed E-state index contributed by atoms with van der Waals surface area (Å²) in [7, 11) is -1.95. The largest absolute Gasteiger partial charge is 0.495 e. The number of para-hydroxylation sites is 2. The number of rotatable bonds is 6. The van der Waals surface area contributed by atoms with Crippen molar-refractivity contribution in [2.24, 2.45) is 0 Å². The minimum atomic E-state index is -3.42. The van der Waals surface area contributed by atoms with E-state index in [1.165, 1.54) is 7.11 Å². The number of hydrogen-bond acceptors (Lipinski definition) is 4. The lowest BCUT2D eigenvalue weighted by Gasteiger charge is -2.10. The standard InChI is InChI=1S/C10H15NO4S/c1-15-10-6-3-2-5-9(10)11-16(13,14)8-4-7-12/h2-3,5-6,11-12H,4,7-8H2,1H3. The number of benzene rings is 1. The van der Waals surface area contributed by atoms with E-state index in [-0.39, 0.29) is 18.8 Å². The summed E-state index contributed by atoms with van der Waals surface area (Å²) in [6.07, 6.45) is 0.213. The van der Waals surface area contributed by atoms with E-state index in [4.69, 9.17) is 9.84 Å². The molecular weight excluding hydrogens is 230 g/mol. The molecule has 5 nitrogen and oxygen atoms in total. The molecule has 16 heavy (non-hydrogen) atoms. The summed E-state index contributed by atoms with van der Waals surface area (Å²) in [5.41, 5.74) is 0.405. The first-order valence-corrected chi connectivity index (χ1v) is 6.48. The zero-order chi connectivity index (χ0) is 12.0. The van der Waals surface area contributed by atoms with Gasteiger partial charge < -0.3 is 9.84 Å². The van der Waals surface area contributed by atoms with E-state index < -0.39 is 10.0 Å². The van der Waals surface area contributed by atoms with Crippen LogP contribution in [0.15, 0.2) is 24.3 Å². The molecule has 0 bridgehead atoms. The fourth-order valence-electron chi connectivity index (χ4n) is 1.20. The highest BCUT2D eigenvalue weighted by Gasteiger charge is 2.12. The number of nitrogens with one attached hydrogen (secondary N) is 1. The molecule has 0 aliphatic heterocycles. The van der Waals surface area contributed by atoms with E-state index in [9.17, 15) is 8.42 Å². The third-order valence-electron chi connectivity index (χ3n) is 1.94. The SMILES string of the molecule is COc1ccccc1NS(=O)(=O)CCCO. The van der Waals surface area contributed by atoms with E-state index in [1.807, 2.05) is 0 Å². The van der Waals surface area contributed by atoms with E-state index in [2.05, 4.69) is 4.72 Å². The zero-order valence-corrected chi connectivity index (χ0v) is 9.83. The molecule has 0 heterocycles. The summed E-state index contributed by atoms with van der Waals surface area (Å²) in [5.74, 6) is 0.358. The average Bonchev–Trinajstić information content (AvgIpc) is 2.27. The molecule has 0 fully saturated rings. The van der Waals surface area contributed by atoms with Crippen molar-refractivity contribution >= 4 is 15.7 Å². The number of ether oxygens (including phenoxy) is 1. The van der Waals surface area contributed by atoms with Crippen molar-refractivity contribution in [2.45, 2.75) is 6.42 Å². The maximum Gasteiger partial charge on any atom is 0.232 e. The van der Waals surface area contributed by atoms with Crippen LogP contribution in [0.3, 0.4) is 0 Å². The van der Waals surface area contributed by atoms with Gasteiger partial charge in [-0.2, -0.15) is 0 Å². The molecule has 1 aromatic carbocycles. The van der Waals surface area contributed by atoms with Crippen LogP contribution in [0, 0.1) is 0 Å². The molecular formula is C10H15NO4S. The second-order valence-corrected chi connectivity index (χ2v) is 5.04. The van der Waals surface area contributed by atoms with E-state index in [0.717, 1.165) is 0 Å². The highest BCUT2D eigenvalue weighted by molar-refractivity contribution is 7.92. The average molecular weight is 245 g/mol. The van der Waals surface area contributed by atoms with Crippen molar-refractivity contribution in [3.05, 3.63) is 24.3 Å². The number of aliphatic hydroxyl groups excluding tert-OH is 1. The number of methoxy groups -OCH3 is 1. The minimum Gasteiger partial charge on any atom is -0.495 e. The summed E-state index contributed by atoms with van der Waals surface area (Å²) in [6, 6.07) is 6.76. The van der Waals surface area contributed by atoms with Gasteiger partial charge in [-0.05, 0) is 18.6 Å². The van der Waals surface area contributed by atoms with Crippen molar-refractivity contribution in [3.8, 4) is 5.75 Å². The van der Waals surface area contributed by atoms with Crippen LogP contribution in [0.2, 0.25) is 0 Å². The van der Waals surface area contributed by atoms with Gasteiger partial charge in [-0.25, -0.2) is 8.42 Å². The van der Waals surface area contributed by atoms with Crippen LogP contribution >= 0.6 is 0 Å². The van der Waals surface area contributed by atoms with Crippen LogP contribution in [0.25, 0.3) is 0 Å². The normalized spacial score (nSPS) is 11.1. The Hall–Kier alpha value is -1.27. The topological polar surface area (TPSA) is 75.6 Å². The molecule has 0 atom stereocenters. The van der Waals surface area contributed by atoms with E-state index >= 15 is 0 Å². The maximum absolute atomic E-state index is 11.5. The third-order valence-corrected chi connectivity index (χ3v) is 3.30. The Labute approximate surface area is 95.1 Å². The fourth-order valence-corrected chi connectivity index (χ4v) is 2.32. The lowest BCUT2D eigenvalue weighted by Crippen LogP contribution is -2.17. The molecule has 90 valence electrons. The minimum absolute atomic E-state index is 0.110. The zero-order valence-electron chi connectivity index (χ0n) is 9.01. The second kappa shape index (κ2) is 5.72. The molecule has 1 rings (SSSR count). The van der Waals surface area contributed by atoms with Crippen LogP contribution in [-0.4, -0.2) is 33.0 Å². The van der Waals surface area contributed by atoms with Crippen LogP contribution < -0.4 is 9.46 Å². The molecule has 6 heteroatoms. The summed E-state index contributed by atoms with van der Waals surface area (Å²) < 4.78 is 30.5. The van der Waals surface area contributed by atoms with Gasteiger partial charge in [0.15, 0.2) is 0 Å². The van der Waals surface area contributed by atoms with Crippen molar-refractivity contribution in [3.63, 3.8) is 0 Å². The smallest absolute Gasteiger partial charge is 0.232 e. The van der Waals surface area contributed by atoms with Gasteiger partial charge in [0.1, 0.15) is 5.75 Å². The van der Waals surface area contributed by atoms with Gasteiger partial charge in [0.2, 0.25) is 10.0 Å². The van der Waals surface area contributed by atoms with Crippen LogP contribution in [-0.2, 0) is 10.0 Å². The molecule has 0 amide bonds. The first-order chi connectivity index (χ1) is 7.59. The van der Waals surface area contributed by atoms with Gasteiger partial charge in [0, 0.05) is 6.61 Å². The van der Waals surface area contributed by atoms with E-state index in [0.29, 0.717) is 11.4 Å². The Morgan fingerprint density at radius 1 is 1.38 bits per heavy atom.